The van der Waals surface area contributed by atoms with Crippen molar-refractivity contribution in [3.63, 3.8) is 0 Å². The maximum atomic E-state index is 6.24. The molecule has 206 valence electrons. The van der Waals surface area contributed by atoms with Crippen molar-refractivity contribution >= 4 is 56.1 Å². The highest BCUT2D eigenvalue weighted by Crippen LogP contribution is 2.62. The van der Waals surface area contributed by atoms with E-state index >= 15 is 0 Å². The van der Waals surface area contributed by atoms with E-state index in [0.29, 0.717) is 0 Å². The second-order valence-electron chi connectivity index (χ2n) is 12.6. The van der Waals surface area contributed by atoms with E-state index in [-0.39, 0.29) is 10.8 Å². The van der Waals surface area contributed by atoms with Crippen LogP contribution in [0.1, 0.15) is 65.3 Å². The molecule has 0 unspecified atom stereocenters. The first-order valence-electron chi connectivity index (χ1n) is 14.1. The Morgan fingerprint density at radius 1 is 0.561 bits per heavy atom. The smallest absolute Gasteiger partial charge is 0.128 e. The monoisotopic (exact) mass is 608 g/mol. The first kappa shape index (κ1) is 26.0. The quantitative estimate of drug-likeness (QED) is 0.194. The summed E-state index contributed by atoms with van der Waals surface area (Å²) in [4.78, 5) is 11.0. The van der Waals surface area contributed by atoms with Crippen LogP contribution in [0.2, 0.25) is 0 Å². The van der Waals surface area contributed by atoms with E-state index in [2.05, 4.69) is 97.0 Å². The molecule has 6 aromatic rings. The van der Waals surface area contributed by atoms with Crippen molar-refractivity contribution in [1.82, 2.24) is 0 Å². The van der Waals surface area contributed by atoms with Crippen LogP contribution in [0.3, 0.4) is 0 Å². The zero-order valence-corrected chi connectivity index (χ0v) is 27.9. The van der Waals surface area contributed by atoms with Gasteiger partial charge < -0.3 is 4.74 Å². The molecule has 4 aromatic heterocycles. The summed E-state index contributed by atoms with van der Waals surface area (Å²) in [6.07, 6.45) is 0. The summed E-state index contributed by atoms with van der Waals surface area (Å²) in [7, 11) is 1.84. The van der Waals surface area contributed by atoms with Gasteiger partial charge in [-0.15, -0.1) is 45.3 Å². The number of benzene rings is 2. The number of thiophene rings is 4. The molecule has 2 aliphatic rings. The van der Waals surface area contributed by atoms with E-state index < -0.39 is 0 Å². The van der Waals surface area contributed by atoms with E-state index in [4.69, 9.17) is 4.74 Å². The van der Waals surface area contributed by atoms with Gasteiger partial charge in [0, 0.05) is 55.4 Å². The number of hydrogen-bond donors (Lipinski definition) is 0. The summed E-state index contributed by atoms with van der Waals surface area (Å²) < 4.78 is 6.24. The van der Waals surface area contributed by atoms with Gasteiger partial charge >= 0.3 is 0 Å². The highest BCUT2D eigenvalue weighted by atomic mass is 32.1. The molecule has 1 nitrogen and oxygen atoms in total. The number of rotatable bonds is 3. The zero-order chi connectivity index (χ0) is 28.6. The Morgan fingerprint density at radius 2 is 1.15 bits per heavy atom. The van der Waals surface area contributed by atoms with E-state index in [9.17, 15) is 0 Å². The summed E-state index contributed by atoms with van der Waals surface area (Å²) in [6, 6.07) is 18.8. The lowest BCUT2D eigenvalue weighted by Crippen LogP contribution is -2.18. The van der Waals surface area contributed by atoms with Crippen LogP contribution < -0.4 is 4.74 Å². The first-order valence-corrected chi connectivity index (χ1v) is 17.4. The van der Waals surface area contributed by atoms with E-state index in [1.165, 1.54) is 88.7 Å². The van der Waals surface area contributed by atoms with Gasteiger partial charge in [0.1, 0.15) is 5.75 Å². The van der Waals surface area contributed by atoms with Crippen molar-refractivity contribution in [3.8, 4) is 46.1 Å². The third-order valence-electron chi connectivity index (χ3n) is 9.30. The maximum absolute atomic E-state index is 6.24. The molecule has 41 heavy (non-hydrogen) atoms. The highest BCUT2D eigenvalue weighted by molar-refractivity contribution is 7.27. The van der Waals surface area contributed by atoms with Gasteiger partial charge in [0.15, 0.2) is 0 Å². The van der Waals surface area contributed by atoms with Crippen molar-refractivity contribution in [3.05, 3.63) is 86.1 Å². The average molecular weight is 609 g/mol. The molecule has 0 amide bonds. The fourth-order valence-corrected chi connectivity index (χ4v) is 12.1. The number of hydrogen-bond acceptors (Lipinski definition) is 5. The molecule has 0 N–H and O–H groups in total. The molecule has 2 aliphatic carbocycles. The van der Waals surface area contributed by atoms with Crippen LogP contribution in [-0.2, 0) is 10.8 Å². The van der Waals surface area contributed by atoms with Gasteiger partial charge in [-0.1, -0.05) is 33.8 Å². The molecular weight excluding hydrogens is 577 g/mol. The molecule has 2 aromatic carbocycles. The highest BCUT2D eigenvalue weighted by Gasteiger charge is 2.44. The van der Waals surface area contributed by atoms with Gasteiger partial charge in [0.2, 0.25) is 0 Å². The molecule has 0 radical (unpaired) electrons. The van der Waals surface area contributed by atoms with Gasteiger partial charge in [-0.05, 0) is 107 Å². The number of aryl methyl sites for hydroxylation is 3. The number of methoxy groups -OCH3 is 1. The van der Waals surface area contributed by atoms with E-state index in [0.717, 1.165) is 5.75 Å². The topological polar surface area (TPSA) is 9.23 Å². The summed E-state index contributed by atoms with van der Waals surface area (Å²) in [6.45, 7) is 16.4. The predicted octanol–water partition coefficient (Wildman–Crippen LogP) is 12.0. The van der Waals surface area contributed by atoms with Crippen LogP contribution >= 0.6 is 45.3 Å². The lowest BCUT2D eigenvalue weighted by atomic mass is 9.75. The molecule has 0 saturated heterocycles. The van der Waals surface area contributed by atoms with Crippen molar-refractivity contribution in [2.75, 3.05) is 7.11 Å². The van der Waals surface area contributed by atoms with Gasteiger partial charge in [-0.3, -0.25) is 0 Å². The van der Waals surface area contributed by atoms with Crippen LogP contribution in [0.5, 0.6) is 5.75 Å². The van der Waals surface area contributed by atoms with Gasteiger partial charge in [-0.25, -0.2) is 0 Å². The second-order valence-corrected chi connectivity index (χ2v) is 17.3. The van der Waals surface area contributed by atoms with Crippen LogP contribution in [0.25, 0.3) is 51.2 Å². The standard InChI is InChI=1S/C36H32OS4/c1-17-13-20-21(31-29(17)33-22(35(31,4)5)14-19(3)39-33)15-24(37-8)30-32(20)36(6,7)23-16-28(41-34(23)30)27-12-11-26(40-27)25-10-9-18(2)38-25/h9-16H,1-8H3. The zero-order valence-electron chi connectivity index (χ0n) is 24.7. The second kappa shape index (κ2) is 8.44. The maximum Gasteiger partial charge on any atom is 0.128 e. The van der Waals surface area contributed by atoms with Crippen molar-refractivity contribution in [2.45, 2.75) is 59.3 Å². The van der Waals surface area contributed by atoms with Gasteiger partial charge in [-0.2, -0.15) is 0 Å². The summed E-state index contributed by atoms with van der Waals surface area (Å²) in [5, 5.41) is 2.74. The minimum atomic E-state index is -0.123. The van der Waals surface area contributed by atoms with Crippen LogP contribution in [0, 0.1) is 20.8 Å². The third-order valence-corrected chi connectivity index (χ3v) is 14.0. The Hall–Kier alpha value is -2.70. The molecule has 5 heteroatoms. The molecule has 0 bridgehead atoms. The molecule has 0 saturated carbocycles. The summed E-state index contributed by atoms with van der Waals surface area (Å²) in [5.41, 5.74) is 9.75. The Morgan fingerprint density at radius 3 is 1.83 bits per heavy atom. The first-order chi connectivity index (χ1) is 19.5. The van der Waals surface area contributed by atoms with E-state index in [1.54, 1.807) is 0 Å². The fraction of sp³-hybridized carbons (Fsp3) is 0.278. The van der Waals surface area contributed by atoms with E-state index in [1.807, 2.05) is 52.5 Å². The fourth-order valence-electron chi connectivity index (χ4n) is 7.39. The molecule has 0 spiro atoms. The normalized spacial score (nSPS) is 15.7. The lowest BCUT2D eigenvalue weighted by Gasteiger charge is -2.28. The Bertz CT molecular complexity index is 2070. The average Bonchev–Trinajstić information content (AvgIpc) is 3.74. The summed E-state index contributed by atoms with van der Waals surface area (Å²) >= 11 is 7.65. The minimum absolute atomic E-state index is 0.0440. The SMILES string of the molecule is COc1cc2c3c(c(C)cc2c2c1-c1sc(-c4ccc(-c5ccc(C)s5)s4)cc1C2(C)C)-c1sc(C)cc1C3(C)C. The molecule has 8 rings (SSSR count). The number of ether oxygens (including phenoxy) is 1. The Kier molecular flexibility index (Phi) is 5.35. The molecule has 4 heterocycles. The molecule has 0 atom stereocenters. The van der Waals surface area contributed by atoms with Crippen molar-refractivity contribution in [1.29, 1.82) is 0 Å². The Labute approximate surface area is 258 Å². The largest absolute Gasteiger partial charge is 0.496 e. The van der Waals surface area contributed by atoms with Crippen LogP contribution in [0.15, 0.2) is 48.5 Å². The molecule has 0 aliphatic heterocycles. The van der Waals surface area contributed by atoms with Crippen molar-refractivity contribution < 1.29 is 4.74 Å². The number of fused-ring (bicyclic) bond motifs is 9. The molecular formula is C36H32OS4. The minimum Gasteiger partial charge on any atom is -0.496 e. The lowest BCUT2D eigenvalue weighted by molar-refractivity contribution is 0.416. The predicted molar refractivity (Wildman–Crippen MR) is 182 cm³/mol. The Balaban J connectivity index is 1.35. The molecule has 0 fully saturated rings. The third kappa shape index (κ3) is 3.38. The van der Waals surface area contributed by atoms with Crippen LogP contribution in [0.4, 0.5) is 0 Å². The van der Waals surface area contributed by atoms with Gasteiger partial charge in [0.05, 0.1) is 7.11 Å². The van der Waals surface area contributed by atoms with Crippen LogP contribution in [-0.4, -0.2) is 7.11 Å². The van der Waals surface area contributed by atoms with Crippen molar-refractivity contribution in [2.24, 2.45) is 0 Å². The van der Waals surface area contributed by atoms with Gasteiger partial charge in [0.25, 0.3) is 0 Å². The summed E-state index contributed by atoms with van der Waals surface area (Å²) in [5.74, 6) is 1.00.